The van der Waals surface area contributed by atoms with Crippen molar-refractivity contribution >= 4 is 7.94 Å². The minimum Gasteiger partial charge on any atom is -0.613 e. The topological polar surface area (TPSA) is 67.5 Å². The molecule has 0 saturated heterocycles. The number of hydrogen-bond donors (Lipinski definition) is 1. The van der Waals surface area contributed by atoms with Gasteiger partial charge in [-0.2, -0.15) is 0 Å². The predicted octanol–water partition coefficient (Wildman–Crippen LogP) is 6.20. The van der Waals surface area contributed by atoms with Crippen molar-refractivity contribution in [1.82, 2.24) is 0 Å². The molecule has 0 fully saturated rings. The highest BCUT2D eigenvalue weighted by Crippen LogP contribution is 2.59. The molecule has 2 aromatic rings. The Kier molecular flexibility index (Phi) is 5.97. The minimum atomic E-state index is -3.72. The normalized spacial score (nSPS) is 16.4. The van der Waals surface area contributed by atoms with Crippen LogP contribution in [0.2, 0.25) is 0 Å². The summed E-state index contributed by atoms with van der Waals surface area (Å²) in [6.45, 7) is 18.7. The van der Waals surface area contributed by atoms with Crippen LogP contribution in [0.1, 0.15) is 81.8 Å². The SMILES string of the molecule is C/C(N)=C/[P+]1([O-])Oc2c(cc(C)cc2C(C)(C)C)Cc2cc(C)cc(C(C)(C)C)c2O1. The molecule has 31 heavy (non-hydrogen) atoms. The van der Waals surface area contributed by atoms with Crippen LogP contribution in [0.25, 0.3) is 0 Å². The Hall–Kier alpha value is -2.03. The smallest absolute Gasteiger partial charge is 0.360 e. The number of aryl methyl sites for hydroxylation is 2. The number of nitrogens with two attached hydrogens (primary N) is 1. The molecule has 3 rings (SSSR count). The number of fused-ring (bicyclic) bond motifs is 2. The average Bonchev–Trinajstić information content (AvgIpc) is 2.55. The maximum Gasteiger partial charge on any atom is 0.360 e. The molecule has 0 saturated carbocycles. The van der Waals surface area contributed by atoms with Gasteiger partial charge in [0.2, 0.25) is 0 Å². The summed E-state index contributed by atoms with van der Waals surface area (Å²) in [5.41, 5.74) is 12.4. The van der Waals surface area contributed by atoms with Crippen LogP contribution in [0.4, 0.5) is 0 Å². The summed E-state index contributed by atoms with van der Waals surface area (Å²) in [5, 5.41) is 0. The summed E-state index contributed by atoms with van der Waals surface area (Å²) >= 11 is 0. The average molecular weight is 442 g/mol. The molecule has 1 aliphatic heterocycles. The van der Waals surface area contributed by atoms with E-state index < -0.39 is 7.94 Å². The van der Waals surface area contributed by atoms with E-state index in [1.165, 1.54) is 5.82 Å². The first-order valence-electron chi connectivity index (χ1n) is 10.8. The first-order chi connectivity index (χ1) is 14.1. The van der Waals surface area contributed by atoms with Gasteiger partial charge in [-0.05, 0) is 31.6 Å². The molecule has 0 unspecified atom stereocenters. The summed E-state index contributed by atoms with van der Waals surface area (Å²) in [6, 6.07) is 8.48. The van der Waals surface area contributed by atoms with Crippen molar-refractivity contribution in [2.24, 2.45) is 5.73 Å². The summed E-state index contributed by atoms with van der Waals surface area (Å²) in [5.74, 6) is 2.72. The van der Waals surface area contributed by atoms with Crippen molar-refractivity contribution in [3.05, 3.63) is 69.2 Å². The highest BCUT2D eigenvalue weighted by atomic mass is 31.2. The third-order valence-electron chi connectivity index (χ3n) is 5.42. The van der Waals surface area contributed by atoms with Gasteiger partial charge in [-0.1, -0.05) is 76.9 Å². The van der Waals surface area contributed by atoms with E-state index >= 15 is 0 Å². The first-order valence-corrected chi connectivity index (χ1v) is 12.4. The van der Waals surface area contributed by atoms with Gasteiger partial charge >= 0.3 is 7.94 Å². The van der Waals surface area contributed by atoms with Crippen LogP contribution in [-0.4, -0.2) is 0 Å². The number of allylic oxidation sites excluding steroid dienone is 1. The molecule has 2 aromatic carbocycles. The van der Waals surface area contributed by atoms with Gasteiger partial charge in [-0.3, -0.25) is 0 Å². The zero-order valence-corrected chi connectivity index (χ0v) is 21.2. The Morgan fingerprint density at radius 2 is 1.26 bits per heavy atom. The van der Waals surface area contributed by atoms with Crippen LogP contribution < -0.4 is 19.7 Å². The van der Waals surface area contributed by atoms with E-state index in [0.717, 1.165) is 33.4 Å². The lowest BCUT2D eigenvalue weighted by molar-refractivity contribution is -0.198. The largest absolute Gasteiger partial charge is 0.613 e. The molecule has 4 nitrogen and oxygen atoms in total. The zero-order valence-electron chi connectivity index (χ0n) is 20.3. The molecule has 0 aliphatic carbocycles. The molecule has 1 aliphatic rings. The van der Waals surface area contributed by atoms with E-state index in [-0.39, 0.29) is 10.8 Å². The van der Waals surface area contributed by atoms with Crippen molar-refractivity contribution in [1.29, 1.82) is 0 Å². The summed E-state index contributed by atoms with van der Waals surface area (Å²) in [6.07, 6.45) is 0.644. The van der Waals surface area contributed by atoms with Crippen molar-refractivity contribution < 1.29 is 13.9 Å². The van der Waals surface area contributed by atoms with Gasteiger partial charge in [0.15, 0.2) is 11.5 Å². The van der Waals surface area contributed by atoms with Crippen LogP contribution in [0.5, 0.6) is 11.5 Å². The molecular weight excluding hydrogens is 405 g/mol. The maximum absolute atomic E-state index is 14.1. The van der Waals surface area contributed by atoms with Crippen molar-refractivity contribution in [2.75, 3.05) is 0 Å². The molecule has 0 radical (unpaired) electrons. The van der Waals surface area contributed by atoms with Gasteiger partial charge in [0, 0.05) is 34.4 Å². The monoisotopic (exact) mass is 441 g/mol. The summed E-state index contributed by atoms with van der Waals surface area (Å²) < 4.78 is 12.6. The first kappa shape index (κ1) is 23.6. The molecule has 0 amide bonds. The molecule has 0 aromatic heterocycles. The standard InChI is InChI=1S/C26H36NO3P/c1-16-10-19-14-20-11-17(2)13-22(26(7,8)9)24(20)30-31(28,15-18(3)27)29-23(19)21(12-16)25(4,5)6/h10-13,15H,14,27H2,1-9H3/b18-15-. The molecule has 168 valence electrons. The molecular formula is C26H36NO3P. The third-order valence-corrected chi connectivity index (χ3v) is 7.01. The Bertz CT molecular complexity index is 967. The molecule has 0 spiro atoms. The second kappa shape index (κ2) is 7.83. The molecule has 0 bridgehead atoms. The molecule has 5 heteroatoms. The fourth-order valence-electron chi connectivity index (χ4n) is 4.07. The second-order valence-corrected chi connectivity index (χ2v) is 12.6. The molecule has 0 atom stereocenters. The Labute approximate surface area is 188 Å². The third kappa shape index (κ3) is 5.07. The second-order valence-electron chi connectivity index (χ2n) is 10.9. The van der Waals surface area contributed by atoms with E-state index in [2.05, 4.69) is 79.7 Å². The van der Waals surface area contributed by atoms with Crippen molar-refractivity contribution in [3.8, 4) is 11.5 Å². The highest BCUT2D eigenvalue weighted by molar-refractivity contribution is 7.63. The van der Waals surface area contributed by atoms with Gasteiger partial charge in [0.1, 0.15) is 5.82 Å². The van der Waals surface area contributed by atoms with E-state index in [1.54, 1.807) is 6.92 Å². The fourth-order valence-corrected chi connectivity index (χ4v) is 5.65. The van der Waals surface area contributed by atoms with Gasteiger partial charge in [-0.25, -0.2) is 0 Å². The highest BCUT2D eigenvalue weighted by Gasteiger charge is 2.40. The van der Waals surface area contributed by atoms with Crippen LogP contribution in [-0.2, 0) is 17.3 Å². The van der Waals surface area contributed by atoms with E-state index in [9.17, 15) is 4.89 Å². The maximum atomic E-state index is 14.1. The lowest BCUT2D eigenvalue weighted by atomic mass is 9.81. The van der Waals surface area contributed by atoms with Crippen LogP contribution >= 0.6 is 7.94 Å². The van der Waals surface area contributed by atoms with Crippen LogP contribution in [0.3, 0.4) is 0 Å². The minimum absolute atomic E-state index is 0.187. The van der Waals surface area contributed by atoms with Crippen molar-refractivity contribution in [2.45, 2.75) is 79.6 Å². The molecule has 1 heterocycles. The van der Waals surface area contributed by atoms with Crippen LogP contribution in [0.15, 0.2) is 35.8 Å². The number of rotatable bonds is 1. The fraction of sp³-hybridized carbons (Fsp3) is 0.462. The molecule has 2 N–H and O–H groups in total. The van der Waals surface area contributed by atoms with Gasteiger partial charge in [0.25, 0.3) is 0 Å². The number of hydrogen-bond acceptors (Lipinski definition) is 4. The lowest BCUT2D eigenvalue weighted by Gasteiger charge is -2.34. The van der Waals surface area contributed by atoms with E-state index in [1.807, 2.05) is 0 Å². The van der Waals surface area contributed by atoms with E-state index in [4.69, 9.17) is 14.8 Å². The summed E-state index contributed by atoms with van der Waals surface area (Å²) in [4.78, 5) is 14.1. The van der Waals surface area contributed by atoms with E-state index in [0.29, 0.717) is 23.6 Å². The van der Waals surface area contributed by atoms with Gasteiger partial charge < -0.3 is 19.7 Å². The lowest BCUT2D eigenvalue weighted by Crippen LogP contribution is -2.26. The van der Waals surface area contributed by atoms with Gasteiger partial charge in [0.05, 0.1) is 0 Å². The Morgan fingerprint density at radius 3 is 1.58 bits per heavy atom. The quantitative estimate of drug-likeness (QED) is 0.535. The van der Waals surface area contributed by atoms with Crippen LogP contribution in [0, 0.1) is 13.8 Å². The summed E-state index contributed by atoms with van der Waals surface area (Å²) in [7, 11) is -3.72. The van der Waals surface area contributed by atoms with Gasteiger partial charge in [-0.15, -0.1) is 0 Å². The van der Waals surface area contributed by atoms with Crippen molar-refractivity contribution in [3.63, 3.8) is 0 Å². The zero-order chi connectivity index (χ0) is 23.4. The number of benzene rings is 2. The Morgan fingerprint density at radius 1 is 0.871 bits per heavy atom. The predicted molar refractivity (Wildman–Crippen MR) is 129 cm³/mol. The Balaban J connectivity index is 2.39.